The SMILES string of the molecule is CN(CC1CC1)c1cncc(OC[C@@H]2CCCN2)c1. The molecule has 2 fully saturated rings. The lowest BCUT2D eigenvalue weighted by Crippen LogP contribution is -2.28. The molecule has 0 bridgehead atoms. The quantitative estimate of drug-likeness (QED) is 0.850. The molecule has 1 atom stereocenters. The highest BCUT2D eigenvalue weighted by molar-refractivity contribution is 5.47. The lowest BCUT2D eigenvalue weighted by atomic mass is 10.2. The molecule has 19 heavy (non-hydrogen) atoms. The molecule has 2 heterocycles. The summed E-state index contributed by atoms with van der Waals surface area (Å²) >= 11 is 0. The van der Waals surface area contributed by atoms with Gasteiger partial charge in [-0.3, -0.25) is 4.98 Å². The van der Waals surface area contributed by atoms with E-state index >= 15 is 0 Å². The molecule has 4 heteroatoms. The first kappa shape index (κ1) is 12.7. The minimum absolute atomic E-state index is 0.507. The fourth-order valence-electron chi connectivity index (χ4n) is 2.58. The first-order chi connectivity index (χ1) is 9.31. The van der Waals surface area contributed by atoms with Crippen LogP contribution in [0, 0.1) is 5.92 Å². The topological polar surface area (TPSA) is 37.4 Å². The van der Waals surface area contributed by atoms with Crippen molar-refractivity contribution < 1.29 is 4.74 Å². The number of pyridine rings is 1. The van der Waals surface area contributed by atoms with Crippen molar-refractivity contribution >= 4 is 5.69 Å². The van der Waals surface area contributed by atoms with Gasteiger partial charge in [0, 0.05) is 25.7 Å². The van der Waals surface area contributed by atoms with E-state index in [9.17, 15) is 0 Å². The van der Waals surface area contributed by atoms with Crippen LogP contribution in [0.1, 0.15) is 25.7 Å². The lowest BCUT2D eigenvalue weighted by molar-refractivity contribution is 0.276. The van der Waals surface area contributed by atoms with Crippen molar-refractivity contribution in [2.75, 3.05) is 31.6 Å². The van der Waals surface area contributed by atoms with Gasteiger partial charge in [0.15, 0.2) is 0 Å². The summed E-state index contributed by atoms with van der Waals surface area (Å²) in [7, 11) is 2.14. The molecule has 1 aromatic heterocycles. The highest BCUT2D eigenvalue weighted by Crippen LogP contribution is 2.31. The number of hydrogen-bond donors (Lipinski definition) is 1. The lowest BCUT2D eigenvalue weighted by Gasteiger charge is -2.19. The number of hydrogen-bond acceptors (Lipinski definition) is 4. The monoisotopic (exact) mass is 261 g/mol. The van der Waals surface area contributed by atoms with Gasteiger partial charge in [-0.05, 0) is 38.1 Å². The molecule has 1 saturated heterocycles. The van der Waals surface area contributed by atoms with Crippen LogP contribution >= 0.6 is 0 Å². The summed E-state index contributed by atoms with van der Waals surface area (Å²) in [5.41, 5.74) is 1.16. The van der Waals surface area contributed by atoms with Gasteiger partial charge in [-0.15, -0.1) is 0 Å². The van der Waals surface area contributed by atoms with Gasteiger partial charge in [-0.25, -0.2) is 0 Å². The molecule has 1 N–H and O–H groups in total. The summed E-state index contributed by atoms with van der Waals surface area (Å²) in [5, 5.41) is 3.44. The van der Waals surface area contributed by atoms with Crippen LogP contribution in [0.2, 0.25) is 0 Å². The number of ether oxygens (including phenoxy) is 1. The van der Waals surface area contributed by atoms with Gasteiger partial charge < -0.3 is 15.0 Å². The van der Waals surface area contributed by atoms with E-state index in [1.807, 2.05) is 12.4 Å². The Morgan fingerprint density at radius 2 is 2.26 bits per heavy atom. The van der Waals surface area contributed by atoms with Crippen molar-refractivity contribution in [3.63, 3.8) is 0 Å². The third-order valence-electron chi connectivity index (χ3n) is 3.98. The molecule has 1 saturated carbocycles. The van der Waals surface area contributed by atoms with Crippen LogP contribution in [0.3, 0.4) is 0 Å². The second-order valence-electron chi connectivity index (χ2n) is 5.81. The number of nitrogens with one attached hydrogen (secondary N) is 1. The molecule has 0 unspecified atom stereocenters. The molecule has 0 amide bonds. The number of aromatic nitrogens is 1. The Labute approximate surface area is 115 Å². The van der Waals surface area contributed by atoms with Gasteiger partial charge in [0.2, 0.25) is 0 Å². The van der Waals surface area contributed by atoms with Gasteiger partial charge in [0.25, 0.3) is 0 Å². The number of anilines is 1. The Morgan fingerprint density at radius 1 is 1.37 bits per heavy atom. The van der Waals surface area contributed by atoms with E-state index in [1.54, 1.807) is 0 Å². The summed E-state index contributed by atoms with van der Waals surface area (Å²) in [5.74, 6) is 1.77. The van der Waals surface area contributed by atoms with Crippen LogP contribution < -0.4 is 15.0 Å². The molecule has 104 valence electrons. The van der Waals surface area contributed by atoms with Gasteiger partial charge in [-0.2, -0.15) is 0 Å². The summed E-state index contributed by atoms with van der Waals surface area (Å²) in [6, 6.07) is 2.61. The average molecular weight is 261 g/mol. The van der Waals surface area contributed by atoms with Crippen LogP contribution in [-0.4, -0.2) is 37.8 Å². The Bertz CT molecular complexity index is 414. The Morgan fingerprint density at radius 3 is 3.00 bits per heavy atom. The van der Waals surface area contributed by atoms with Gasteiger partial charge in [-0.1, -0.05) is 0 Å². The van der Waals surface area contributed by atoms with Crippen molar-refractivity contribution in [2.45, 2.75) is 31.7 Å². The van der Waals surface area contributed by atoms with E-state index in [2.05, 4.69) is 28.3 Å². The summed E-state index contributed by atoms with van der Waals surface area (Å²) in [6.45, 7) is 3.00. The summed E-state index contributed by atoms with van der Waals surface area (Å²) in [6.07, 6.45) is 8.96. The molecular weight excluding hydrogens is 238 g/mol. The first-order valence-electron chi connectivity index (χ1n) is 7.33. The second-order valence-corrected chi connectivity index (χ2v) is 5.81. The maximum atomic E-state index is 5.85. The molecule has 1 aliphatic carbocycles. The maximum Gasteiger partial charge on any atom is 0.139 e. The Balaban J connectivity index is 1.55. The molecule has 0 radical (unpaired) electrons. The van der Waals surface area contributed by atoms with Crippen LogP contribution in [-0.2, 0) is 0 Å². The van der Waals surface area contributed by atoms with E-state index in [4.69, 9.17) is 4.74 Å². The van der Waals surface area contributed by atoms with Gasteiger partial charge in [0.05, 0.1) is 18.1 Å². The highest BCUT2D eigenvalue weighted by Gasteiger charge is 2.23. The zero-order valence-electron chi connectivity index (χ0n) is 11.6. The summed E-state index contributed by atoms with van der Waals surface area (Å²) < 4.78 is 5.85. The van der Waals surface area contributed by atoms with Crippen LogP contribution in [0.25, 0.3) is 0 Å². The van der Waals surface area contributed by atoms with E-state index in [-0.39, 0.29) is 0 Å². The van der Waals surface area contributed by atoms with Crippen molar-refractivity contribution in [2.24, 2.45) is 5.92 Å². The average Bonchev–Trinajstić information content (AvgIpc) is 3.09. The van der Waals surface area contributed by atoms with E-state index in [0.29, 0.717) is 6.04 Å². The molecule has 2 aliphatic rings. The summed E-state index contributed by atoms with van der Waals surface area (Å²) in [4.78, 5) is 6.57. The zero-order valence-corrected chi connectivity index (χ0v) is 11.6. The Kier molecular flexibility index (Phi) is 3.87. The van der Waals surface area contributed by atoms with Crippen molar-refractivity contribution in [1.82, 2.24) is 10.3 Å². The molecule has 0 aromatic carbocycles. The van der Waals surface area contributed by atoms with Crippen LogP contribution in [0.5, 0.6) is 5.75 Å². The third kappa shape index (κ3) is 3.60. The van der Waals surface area contributed by atoms with Crippen LogP contribution in [0.15, 0.2) is 18.5 Å². The molecule has 4 nitrogen and oxygen atoms in total. The predicted octanol–water partition coefficient (Wildman–Crippen LogP) is 2.06. The van der Waals surface area contributed by atoms with Crippen molar-refractivity contribution in [3.05, 3.63) is 18.5 Å². The molecule has 1 aliphatic heterocycles. The maximum absolute atomic E-state index is 5.85. The highest BCUT2D eigenvalue weighted by atomic mass is 16.5. The third-order valence-corrected chi connectivity index (χ3v) is 3.98. The van der Waals surface area contributed by atoms with E-state index in [1.165, 1.54) is 25.7 Å². The van der Waals surface area contributed by atoms with Gasteiger partial charge in [0.1, 0.15) is 12.4 Å². The number of rotatable bonds is 6. The second kappa shape index (κ2) is 5.78. The predicted molar refractivity (Wildman–Crippen MR) is 76.8 cm³/mol. The zero-order chi connectivity index (χ0) is 13.1. The fraction of sp³-hybridized carbons (Fsp3) is 0.667. The van der Waals surface area contributed by atoms with E-state index < -0.39 is 0 Å². The van der Waals surface area contributed by atoms with Crippen LogP contribution in [0.4, 0.5) is 5.69 Å². The fourth-order valence-corrected chi connectivity index (χ4v) is 2.58. The van der Waals surface area contributed by atoms with Crippen molar-refractivity contribution in [3.8, 4) is 5.75 Å². The smallest absolute Gasteiger partial charge is 0.139 e. The van der Waals surface area contributed by atoms with Gasteiger partial charge >= 0.3 is 0 Å². The minimum atomic E-state index is 0.507. The normalized spacial score (nSPS) is 22.5. The van der Waals surface area contributed by atoms with E-state index in [0.717, 1.165) is 37.1 Å². The molecule has 3 rings (SSSR count). The first-order valence-corrected chi connectivity index (χ1v) is 7.33. The number of nitrogens with zero attached hydrogens (tertiary/aromatic N) is 2. The Hall–Kier alpha value is -1.29. The standard InChI is InChI=1S/C15H23N3O/c1-18(10-12-4-5-12)14-7-15(9-16-8-14)19-11-13-3-2-6-17-13/h7-9,12-13,17H,2-6,10-11H2,1H3/t13-/m0/s1. The molecule has 0 spiro atoms. The minimum Gasteiger partial charge on any atom is -0.490 e. The van der Waals surface area contributed by atoms with Crippen molar-refractivity contribution in [1.29, 1.82) is 0 Å². The largest absolute Gasteiger partial charge is 0.490 e. The molecular formula is C15H23N3O. The molecule has 1 aromatic rings.